The van der Waals surface area contributed by atoms with Gasteiger partial charge in [0.05, 0.1) is 13.0 Å². The van der Waals surface area contributed by atoms with Gasteiger partial charge >= 0.3 is 6.09 Å². The molecule has 3 aromatic rings. The quantitative estimate of drug-likeness (QED) is 0.309. The summed E-state index contributed by atoms with van der Waals surface area (Å²) in [4.78, 5) is 27.8. The third kappa shape index (κ3) is 8.90. The standard InChI is InChI=1S/C25H33N7O3S2/c1-6-35-25(34)31(4)16-19-11-9-10-18(14-19)15-20(33)26-23-29-27-21(36-23)12-7-8-13-22-28-30-24(37-22)32(5)17(2)3/h9-11,14H,2,6-8,12-13,15-16H2,1,3-5H3,(H,26,29,33). The fraction of sp³-hybridized carbons (Fsp3) is 0.440. The summed E-state index contributed by atoms with van der Waals surface area (Å²) in [5.74, 6) is -0.162. The predicted molar refractivity (Wildman–Crippen MR) is 147 cm³/mol. The highest BCUT2D eigenvalue weighted by Gasteiger charge is 2.13. The number of benzene rings is 1. The highest BCUT2D eigenvalue weighted by Crippen LogP contribution is 2.23. The first kappa shape index (κ1) is 28.2. The Hall–Kier alpha value is -3.38. The average Bonchev–Trinajstić information content (AvgIpc) is 3.51. The van der Waals surface area contributed by atoms with E-state index in [4.69, 9.17) is 4.74 Å². The minimum atomic E-state index is -0.376. The summed E-state index contributed by atoms with van der Waals surface area (Å²) in [6, 6.07) is 7.59. The van der Waals surface area contributed by atoms with Gasteiger partial charge in [0.15, 0.2) is 0 Å². The van der Waals surface area contributed by atoms with Crippen molar-refractivity contribution in [3.63, 3.8) is 0 Å². The van der Waals surface area contributed by atoms with Gasteiger partial charge in [0.25, 0.3) is 0 Å². The first-order chi connectivity index (χ1) is 17.7. The highest BCUT2D eigenvalue weighted by atomic mass is 32.1. The zero-order chi connectivity index (χ0) is 26.8. The number of carbonyl (C=O) groups is 2. The number of hydrogen-bond acceptors (Lipinski definition) is 10. The summed E-state index contributed by atoms with van der Waals surface area (Å²) in [5, 5.41) is 22.9. The number of allylic oxidation sites excluding steroid dienone is 1. The van der Waals surface area contributed by atoms with Crippen LogP contribution in [0.3, 0.4) is 0 Å². The average molecular weight is 544 g/mol. The molecule has 2 heterocycles. The largest absolute Gasteiger partial charge is 0.450 e. The lowest BCUT2D eigenvalue weighted by molar-refractivity contribution is -0.115. The van der Waals surface area contributed by atoms with Gasteiger partial charge in [0, 0.05) is 39.2 Å². The van der Waals surface area contributed by atoms with Gasteiger partial charge in [-0.25, -0.2) is 4.79 Å². The van der Waals surface area contributed by atoms with Crippen LogP contribution in [0.15, 0.2) is 36.5 Å². The lowest BCUT2D eigenvalue weighted by Crippen LogP contribution is -2.27. The molecule has 1 N–H and O–H groups in total. The number of hydrogen-bond donors (Lipinski definition) is 1. The summed E-state index contributed by atoms with van der Waals surface area (Å²) < 4.78 is 5.01. The van der Waals surface area contributed by atoms with Gasteiger partial charge in [-0.05, 0) is 37.8 Å². The molecule has 12 heteroatoms. The maximum absolute atomic E-state index is 12.5. The molecule has 198 valence electrons. The van der Waals surface area contributed by atoms with E-state index in [2.05, 4.69) is 32.3 Å². The molecule has 0 saturated heterocycles. The van der Waals surface area contributed by atoms with Crippen LogP contribution in [-0.2, 0) is 35.3 Å². The van der Waals surface area contributed by atoms with E-state index >= 15 is 0 Å². The van der Waals surface area contributed by atoms with Gasteiger partial charge in [-0.3, -0.25) is 4.79 Å². The van der Waals surface area contributed by atoms with Crippen LogP contribution in [0.4, 0.5) is 15.1 Å². The molecule has 0 spiro atoms. The number of anilines is 2. The second-order valence-corrected chi connectivity index (χ2v) is 10.7. The minimum Gasteiger partial charge on any atom is -0.450 e. The van der Waals surface area contributed by atoms with Crippen molar-refractivity contribution >= 4 is 44.9 Å². The molecule has 0 fully saturated rings. The van der Waals surface area contributed by atoms with Gasteiger partial charge in [-0.1, -0.05) is 53.5 Å². The zero-order valence-electron chi connectivity index (χ0n) is 21.7. The van der Waals surface area contributed by atoms with Gasteiger partial charge in [-0.2, -0.15) is 0 Å². The van der Waals surface area contributed by atoms with E-state index in [0.717, 1.165) is 57.7 Å². The molecule has 0 aliphatic carbocycles. The van der Waals surface area contributed by atoms with Gasteiger partial charge in [0.1, 0.15) is 10.0 Å². The maximum Gasteiger partial charge on any atom is 0.409 e. The number of unbranched alkanes of at least 4 members (excludes halogenated alkanes) is 1. The van der Waals surface area contributed by atoms with Gasteiger partial charge in [0.2, 0.25) is 16.2 Å². The Bertz CT molecular complexity index is 1210. The van der Waals surface area contributed by atoms with Crippen molar-refractivity contribution in [2.75, 3.05) is 30.9 Å². The van der Waals surface area contributed by atoms with Crippen LogP contribution in [-0.4, -0.2) is 58.0 Å². The molecule has 37 heavy (non-hydrogen) atoms. The van der Waals surface area contributed by atoms with Gasteiger partial charge in [-0.15, -0.1) is 20.4 Å². The molecule has 0 aliphatic rings. The molecule has 10 nitrogen and oxygen atoms in total. The maximum atomic E-state index is 12.5. The van der Waals surface area contributed by atoms with Crippen molar-refractivity contribution in [3.8, 4) is 0 Å². The van der Waals surface area contributed by atoms with E-state index in [1.165, 1.54) is 16.2 Å². The first-order valence-corrected chi connectivity index (χ1v) is 13.7. The number of carbonyl (C=O) groups excluding carboxylic acids is 2. The van der Waals surface area contributed by atoms with Crippen molar-refractivity contribution in [2.24, 2.45) is 0 Å². The van der Waals surface area contributed by atoms with Crippen LogP contribution in [0.5, 0.6) is 0 Å². The van der Waals surface area contributed by atoms with Gasteiger partial charge < -0.3 is 19.9 Å². The number of nitrogens with one attached hydrogen (secondary N) is 1. The SMILES string of the molecule is C=C(C)N(C)c1nnc(CCCCc2nnc(NC(=O)Cc3cccc(CN(C)C(=O)OCC)c3)s2)s1. The Morgan fingerprint density at radius 1 is 1.03 bits per heavy atom. The predicted octanol–water partition coefficient (Wildman–Crippen LogP) is 4.69. The summed E-state index contributed by atoms with van der Waals surface area (Å²) in [6.45, 7) is 8.37. The zero-order valence-corrected chi connectivity index (χ0v) is 23.3. The Balaban J connectivity index is 1.41. The third-order valence-electron chi connectivity index (χ3n) is 5.42. The molecule has 2 aromatic heterocycles. The number of aryl methyl sites for hydroxylation is 2. The summed E-state index contributed by atoms with van der Waals surface area (Å²) in [6.07, 6.45) is 3.39. The lowest BCUT2D eigenvalue weighted by Gasteiger charge is -2.16. The van der Waals surface area contributed by atoms with Crippen LogP contribution in [0.1, 0.15) is 47.8 Å². The fourth-order valence-electron chi connectivity index (χ4n) is 3.36. The second-order valence-electron chi connectivity index (χ2n) is 8.58. The molecule has 2 amide bonds. The second kappa shape index (κ2) is 13.8. The van der Waals surface area contributed by atoms with E-state index in [0.29, 0.717) is 18.3 Å². The molecule has 3 rings (SSSR count). The van der Waals surface area contributed by atoms with Crippen LogP contribution in [0.25, 0.3) is 0 Å². The van der Waals surface area contributed by atoms with E-state index in [9.17, 15) is 9.59 Å². The molecular formula is C25H33N7O3S2. The smallest absolute Gasteiger partial charge is 0.409 e. The summed E-state index contributed by atoms with van der Waals surface area (Å²) >= 11 is 2.98. The molecule has 0 saturated carbocycles. The van der Waals surface area contributed by atoms with Crippen molar-refractivity contribution < 1.29 is 14.3 Å². The molecule has 0 radical (unpaired) electrons. The molecule has 0 aliphatic heterocycles. The monoisotopic (exact) mass is 543 g/mol. The van der Waals surface area contributed by atoms with Crippen LogP contribution < -0.4 is 10.2 Å². The van der Waals surface area contributed by atoms with E-state index in [-0.39, 0.29) is 18.4 Å². The third-order valence-corrected chi connectivity index (χ3v) is 7.37. The lowest BCUT2D eigenvalue weighted by atomic mass is 10.1. The van der Waals surface area contributed by atoms with E-state index in [1.807, 2.05) is 43.1 Å². The van der Waals surface area contributed by atoms with Crippen molar-refractivity contribution in [1.29, 1.82) is 0 Å². The molecule has 0 bridgehead atoms. The summed E-state index contributed by atoms with van der Waals surface area (Å²) in [7, 11) is 3.61. The number of amides is 2. The van der Waals surface area contributed by atoms with Crippen molar-refractivity contribution in [3.05, 3.63) is 57.7 Å². The van der Waals surface area contributed by atoms with Crippen molar-refractivity contribution in [1.82, 2.24) is 25.3 Å². The number of aromatic nitrogens is 4. The Kier molecular flexibility index (Phi) is 10.5. The highest BCUT2D eigenvalue weighted by molar-refractivity contribution is 7.15. The number of ether oxygens (including phenoxy) is 1. The summed E-state index contributed by atoms with van der Waals surface area (Å²) in [5.41, 5.74) is 2.70. The van der Waals surface area contributed by atoms with Crippen LogP contribution in [0.2, 0.25) is 0 Å². The van der Waals surface area contributed by atoms with Crippen LogP contribution in [0, 0.1) is 0 Å². The number of nitrogens with zero attached hydrogens (tertiary/aromatic N) is 6. The topological polar surface area (TPSA) is 113 Å². The van der Waals surface area contributed by atoms with Crippen LogP contribution >= 0.6 is 22.7 Å². The Morgan fingerprint density at radius 3 is 2.41 bits per heavy atom. The van der Waals surface area contributed by atoms with Crippen molar-refractivity contribution in [2.45, 2.75) is 52.5 Å². The minimum absolute atomic E-state index is 0.162. The fourth-order valence-corrected chi connectivity index (χ4v) is 5.07. The Morgan fingerprint density at radius 2 is 1.70 bits per heavy atom. The molecule has 0 atom stereocenters. The molecule has 0 unspecified atom stereocenters. The normalized spacial score (nSPS) is 10.7. The molecular weight excluding hydrogens is 510 g/mol. The molecule has 1 aromatic carbocycles. The number of rotatable bonds is 13. The first-order valence-electron chi connectivity index (χ1n) is 12.0. The van der Waals surface area contributed by atoms with E-state index in [1.54, 1.807) is 25.3 Å². The van der Waals surface area contributed by atoms with E-state index < -0.39 is 0 Å². The Labute approximate surface area is 225 Å².